The summed E-state index contributed by atoms with van der Waals surface area (Å²) in [6.45, 7) is 3.96. The first kappa shape index (κ1) is 9.86. The van der Waals surface area contributed by atoms with Crippen LogP contribution in [0.1, 0.15) is 11.6 Å². The summed E-state index contributed by atoms with van der Waals surface area (Å²) in [4.78, 5) is 13.2. The molecule has 1 aromatic carbocycles. The number of halogens is 1. The molecule has 2 N–H and O–H groups in total. The Kier molecular flexibility index (Phi) is 2.28. The monoisotopic (exact) mass is 206 g/mol. The lowest BCUT2D eigenvalue weighted by molar-refractivity contribution is -0.119. The van der Waals surface area contributed by atoms with Crippen molar-refractivity contribution >= 4 is 11.6 Å². The Bertz CT molecular complexity index is 431. The Morgan fingerprint density at radius 1 is 1.60 bits per heavy atom. The zero-order valence-corrected chi connectivity index (χ0v) is 8.11. The van der Waals surface area contributed by atoms with E-state index < -0.39 is 6.04 Å². The van der Waals surface area contributed by atoms with Gasteiger partial charge < -0.3 is 10.6 Å². The number of carbonyl (C=O) groups is 1. The van der Waals surface area contributed by atoms with Crippen molar-refractivity contribution in [2.75, 3.05) is 11.4 Å². The molecule has 1 unspecified atom stereocenters. The molecule has 78 valence electrons. The molecule has 1 atom stereocenters. The lowest BCUT2D eigenvalue weighted by Gasteiger charge is -2.14. The van der Waals surface area contributed by atoms with E-state index in [1.807, 2.05) is 0 Å². The van der Waals surface area contributed by atoms with E-state index in [9.17, 15) is 9.18 Å². The van der Waals surface area contributed by atoms with Gasteiger partial charge in [-0.1, -0.05) is 6.08 Å². The zero-order valence-electron chi connectivity index (χ0n) is 8.11. The third-order valence-electron chi connectivity index (χ3n) is 2.46. The Labute approximate surface area is 87.0 Å². The number of benzene rings is 1. The van der Waals surface area contributed by atoms with Gasteiger partial charge >= 0.3 is 0 Å². The smallest absolute Gasteiger partial charge is 0.248 e. The Hall–Kier alpha value is -1.68. The minimum atomic E-state index is -0.754. The predicted octanol–water partition coefficient (Wildman–Crippen LogP) is 1.36. The molecule has 0 radical (unpaired) electrons. The van der Waals surface area contributed by atoms with Gasteiger partial charge in [-0.25, -0.2) is 4.39 Å². The van der Waals surface area contributed by atoms with Gasteiger partial charge in [-0.2, -0.15) is 0 Å². The molecule has 0 saturated carbocycles. The summed E-state index contributed by atoms with van der Waals surface area (Å²) in [5.74, 6) is -0.590. The van der Waals surface area contributed by atoms with Crippen molar-refractivity contribution in [3.05, 3.63) is 42.2 Å². The molecule has 1 aliphatic heterocycles. The van der Waals surface area contributed by atoms with Crippen LogP contribution in [0.3, 0.4) is 0 Å². The molecule has 0 saturated heterocycles. The highest BCUT2D eigenvalue weighted by molar-refractivity contribution is 6.04. The molecule has 1 heterocycles. The summed E-state index contributed by atoms with van der Waals surface area (Å²) in [6, 6.07) is 3.44. The normalized spacial score (nSPS) is 19.2. The summed E-state index contributed by atoms with van der Waals surface area (Å²) >= 11 is 0. The van der Waals surface area contributed by atoms with Crippen LogP contribution < -0.4 is 10.6 Å². The fourth-order valence-corrected chi connectivity index (χ4v) is 1.76. The SMILES string of the molecule is C=CCN1C(=O)C(N)c2cc(F)ccc21. The van der Waals surface area contributed by atoms with Gasteiger partial charge in [0.05, 0.1) is 0 Å². The number of hydrogen-bond donors (Lipinski definition) is 1. The second-order valence-corrected chi connectivity index (χ2v) is 3.42. The van der Waals surface area contributed by atoms with Crippen molar-refractivity contribution in [3.8, 4) is 0 Å². The van der Waals surface area contributed by atoms with Crippen molar-refractivity contribution in [1.29, 1.82) is 0 Å². The quantitative estimate of drug-likeness (QED) is 0.742. The maximum atomic E-state index is 13.0. The van der Waals surface area contributed by atoms with Crippen LogP contribution in [0.5, 0.6) is 0 Å². The lowest BCUT2D eigenvalue weighted by Crippen LogP contribution is -2.31. The van der Waals surface area contributed by atoms with Crippen LogP contribution in [0, 0.1) is 5.82 Å². The van der Waals surface area contributed by atoms with Crippen LogP contribution in [0.2, 0.25) is 0 Å². The highest BCUT2D eigenvalue weighted by Crippen LogP contribution is 2.34. The van der Waals surface area contributed by atoms with Crippen molar-refractivity contribution in [2.45, 2.75) is 6.04 Å². The largest absolute Gasteiger partial charge is 0.316 e. The van der Waals surface area contributed by atoms with Crippen LogP contribution in [-0.4, -0.2) is 12.5 Å². The molecule has 1 amide bonds. The zero-order chi connectivity index (χ0) is 11.0. The van der Waals surface area contributed by atoms with E-state index in [0.717, 1.165) is 0 Å². The third kappa shape index (κ3) is 1.43. The van der Waals surface area contributed by atoms with E-state index in [0.29, 0.717) is 17.8 Å². The molecule has 4 heteroatoms. The van der Waals surface area contributed by atoms with Gasteiger partial charge in [-0.3, -0.25) is 4.79 Å². The summed E-state index contributed by atoms with van der Waals surface area (Å²) in [6.07, 6.45) is 1.61. The van der Waals surface area contributed by atoms with Gasteiger partial charge in [-0.05, 0) is 18.2 Å². The first-order valence-corrected chi connectivity index (χ1v) is 4.62. The highest BCUT2D eigenvalue weighted by atomic mass is 19.1. The summed E-state index contributed by atoms with van der Waals surface area (Å²) in [5, 5.41) is 0. The Morgan fingerprint density at radius 3 is 3.00 bits per heavy atom. The fourth-order valence-electron chi connectivity index (χ4n) is 1.76. The fraction of sp³-hybridized carbons (Fsp3) is 0.182. The number of rotatable bonds is 2. The topological polar surface area (TPSA) is 46.3 Å². The van der Waals surface area contributed by atoms with Gasteiger partial charge in [0.25, 0.3) is 0 Å². The molecule has 15 heavy (non-hydrogen) atoms. The molecule has 0 spiro atoms. The van der Waals surface area contributed by atoms with E-state index in [1.54, 1.807) is 12.1 Å². The van der Waals surface area contributed by atoms with Crippen LogP contribution in [0.4, 0.5) is 10.1 Å². The first-order valence-electron chi connectivity index (χ1n) is 4.62. The molecule has 0 fully saturated rings. The van der Waals surface area contributed by atoms with Gasteiger partial charge in [0.1, 0.15) is 11.9 Å². The van der Waals surface area contributed by atoms with Gasteiger partial charge in [-0.15, -0.1) is 6.58 Å². The summed E-state index contributed by atoms with van der Waals surface area (Å²) < 4.78 is 13.0. The van der Waals surface area contributed by atoms with E-state index in [-0.39, 0.29) is 11.7 Å². The van der Waals surface area contributed by atoms with Crippen molar-refractivity contribution in [1.82, 2.24) is 0 Å². The summed E-state index contributed by atoms with van der Waals surface area (Å²) in [7, 11) is 0. The van der Waals surface area contributed by atoms with Gasteiger partial charge in [0.15, 0.2) is 0 Å². The Morgan fingerprint density at radius 2 is 2.33 bits per heavy atom. The Balaban J connectivity index is 2.50. The number of nitrogens with two attached hydrogens (primary N) is 1. The average molecular weight is 206 g/mol. The minimum Gasteiger partial charge on any atom is -0.316 e. The highest BCUT2D eigenvalue weighted by Gasteiger charge is 2.34. The molecule has 1 aliphatic rings. The van der Waals surface area contributed by atoms with E-state index in [2.05, 4.69) is 6.58 Å². The third-order valence-corrected chi connectivity index (χ3v) is 2.46. The summed E-state index contributed by atoms with van der Waals surface area (Å²) in [5.41, 5.74) is 6.91. The molecular formula is C11H11FN2O. The van der Waals surface area contributed by atoms with Crippen LogP contribution in [-0.2, 0) is 4.79 Å². The van der Waals surface area contributed by atoms with Crippen molar-refractivity contribution < 1.29 is 9.18 Å². The van der Waals surface area contributed by atoms with E-state index in [1.165, 1.54) is 17.0 Å². The molecule has 0 aliphatic carbocycles. The second-order valence-electron chi connectivity index (χ2n) is 3.42. The predicted molar refractivity (Wildman–Crippen MR) is 55.9 cm³/mol. The van der Waals surface area contributed by atoms with Gasteiger partial charge in [0.2, 0.25) is 5.91 Å². The number of amides is 1. The lowest BCUT2D eigenvalue weighted by atomic mass is 10.1. The maximum absolute atomic E-state index is 13.0. The van der Waals surface area contributed by atoms with Crippen LogP contribution in [0.15, 0.2) is 30.9 Å². The molecular weight excluding hydrogens is 195 g/mol. The van der Waals surface area contributed by atoms with Crippen LogP contribution >= 0.6 is 0 Å². The molecule has 2 rings (SSSR count). The first-order chi connectivity index (χ1) is 7.15. The number of fused-ring (bicyclic) bond motifs is 1. The number of carbonyl (C=O) groups excluding carboxylic acids is 1. The molecule has 0 bridgehead atoms. The number of nitrogens with zero attached hydrogens (tertiary/aromatic N) is 1. The molecule has 0 aromatic heterocycles. The number of anilines is 1. The standard InChI is InChI=1S/C11H11FN2O/c1-2-5-14-9-4-3-7(12)6-8(9)10(13)11(14)15/h2-4,6,10H,1,5,13H2. The average Bonchev–Trinajstić information content (AvgIpc) is 2.44. The van der Waals surface area contributed by atoms with Gasteiger partial charge in [0, 0.05) is 17.8 Å². The number of hydrogen-bond acceptors (Lipinski definition) is 2. The second kappa shape index (κ2) is 3.47. The molecule has 1 aromatic rings. The maximum Gasteiger partial charge on any atom is 0.248 e. The van der Waals surface area contributed by atoms with Crippen molar-refractivity contribution in [2.24, 2.45) is 5.73 Å². The van der Waals surface area contributed by atoms with Crippen molar-refractivity contribution in [3.63, 3.8) is 0 Å². The molecule has 3 nitrogen and oxygen atoms in total. The van der Waals surface area contributed by atoms with Crippen LogP contribution in [0.25, 0.3) is 0 Å². The van der Waals surface area contributed by atoms with E-state index >= 15 is 0 Å². The van der Waals surface area contributed by atoms with E-state index in [4.69, 9.17) is 5.73 Å². The minimum absolute atomic E-state index is 0.212.